The number of carbonyl (C=O) groups excluding carboxylic acids is 3. The zero-order valence-electron chi connectivity index (χ0n) is 16.1. The predicted molar refractivity (Wildman–Crippen MR) is 106 cm³/mol. The third-order valence-electron chi connectivity index (χ3n) is 5.14. The summed E-state index contributed by atoms with van der Waals surface area (Å²) in [6.45, 7) is 6.66. The normalized spacial score (nSPS) is 17.1. The van der Waals surface area contributed by atoms with Crippen molar-refractivity contribution in [2.75, 3.05) is 13.1 Å². The number of rotatable bonds is 6. The van der Waals surface area contributed by atoms with Gasteiger partial charge in [-0.1, -0.05) is 30.7 Å². The molecule has 3 amide bonds. The van der Waals surface area contributed by atoms with E-state index in [9.17, 15) is 14.4 Å². The lowest BCUT2D eigenvalue weighted by Gasteiger charge is -2.35. The summed E-state index contributed by atoms with van der Waals surface area (Å²) in [7, 11) is 0. The third kappa shape index (κ3) is 5.70. The van der Waals surface area contributed by atoms with E-state index < -0.39 is 6.04 Å². The van der Waals surface area contributed by atoms with Crippen LogP contribution in [0, 0.1) is 5.92 Å². The molecule has 148 valence electrons. The van der Waals surface area contributed by atoms with Crippen LogP contribution >= 0.6 is 11.6 Å². The Morgan fingerprint density at radius 1 is 1.19 bits per heavy atom. The summed E-state index contributed by atoms with van der Waals surface area (Å²) in [4.78, 5) is 38.9. The van der Waals surface area contributed by atoms with Crippen molar-refractivity contribution in [2.24, 2.45) is 5.92 Å². The number of nitrogens with zero attached hydrogens (tertiary/aromatic N) is 1. The van der Waals surface area contributed by atoms with E-state index in [0.29, 0.717) is 36.5 Å². The van der Waals surface area contributed by atoms with Gasteiger partial charge in [0.2, 0.25) is 11.8 Å². The molecule has 2 N–H and O–H groups in total. The molecule has 0 aromatic heterocycles. The topological polar surface area (TPSA) is 78.5 Å². The fraction of sp³-hybridized carbons (Fsp3) is 0.550. The molecular weight excluding hydrogens is 366 g/mol. The molecule has 0 radical (unpaired) electrons. The molecule has 6 nitrogen and oxygen atoms in total. The summed E-state index contributed by atoms with van der Waals surface area (Å²) >= 11 is 6.12. The first-order valence-corrected chi connectivity index (χ1v) is 9.82. The standard InChI is InChI=1S/C20H28ClN3O3/c1-4-13(2)22-20(27)18(15-9-11-24(12-10-15)14(3)25)23-19(26)16-7-5-6-8-17(16)21/h5-8,13,15,18H,4,9-12H2,1-3H3,(H,22,27)(H,23,26)/t13-,18+/m1/s1. The Morgan fingerprint density at radius 3 is 2.37 bits per heavy atom. The molecule has 1 aromatic carbocycles. The van der Waals surface area contributed by atoms with E-state index in [1.54, 1.807) is 36.1 Å². The van der Waals surface area contributed by atoms with E-state index in [0.717, 1.165) is 6.42 Å². The maximum absolute atomic E-state index is 12.8. The van der Waals surface area contributed by atoms with Crippen molar-refractivity contribution < 1.29 is 14.4 Å². The molecule has 1 aromatic rings. The lowest BCUT2D eigenvalue weighted by Crippen LogP contribution is -2.55. The van der Waals surface area contributed by atoms with Gasteiger partial charge >= 0.3 is 0 Å². The van der Waals surface area contributed by atoms with Crippen molar-refractivity contribution in [3.05, 3.63) is 34.9 Å². The van der Waals surface area contributed by atoms with Crippen LogP contribution in [0.25, 0.3) is 0 Å². The Bertz CT molecular complexity index is 687. The van der Waals surface area contributed by atoms with Gasteiger partial charge in [0.25, 0.3) is 5.91 Å². The second kappa shape index (κ2) is 9.74. The number of nitrogens with one attached hydrogen (secondary N) is 2. The first-order chi connectivity index (χ1) is 12.8. The van der Waals surface area contributed by atoms with Gasteiger partial charge in [-0.2, -0.15) is 0 Å². The maximum atomic E-state index is 12.8. The minimum Gasteiger partial charge on any atom is -0.352 e. The van der Waals surface area contributed by atoms with Crippen LogP contribution in [0.5, 0.6) is 0 Å². The number of hydrogen-bond acceptors (Lipinski definition) is 3. The van der Waals surface area contributed by atoms with E-state index in [2.05, 4.69) is 10.6 Å². The van der Waals surface area contributed by atoms with Crippen LogP contribution in [0.3, 0.4) is 0 Å². The Balaban J connectivity index is 2.15. The van der Waals surface area contributed by atoms with Crippen LogP contribution in [0.4, 0.5) is 0 Å². The number of amides is 3. The SMILES string of the molecule is CC[C@@H](C)NC(=O)[C@@H](NC(=O)c1ccccc1Cl)C1CCN(C(C)=O)CC1. The van der Waals surface area contributed by atoms with E-state index in [-0.39, 0.29) is 29.7 Å². The number of hydrogen-bond donors (Lipinski definition) is 2. The minimum absolute atomic E-state index is 0.0227. The first-order valence-electron chi connectivity index (χ1n) is 9.44. The fourth-order valence-corrected chi connectivity index (χ4v) is 3.47. The van der Waals surface area contributed by atoms with Gasteiger partial charge in [0, 0.05) is 26.1 Å². The summed E-state index contributed by atoms with van der Waals surface area (Å²) < 4.78 is 0. The first kappa shape index (κ1) is 21.2. The van der Waals surface area contributed by atoms with Crippen LogP contribution in [0.2, 0.25) is 5.02 Å². The largest absolute Gasteiger partial charge is 0.352 e. The Morgan fingerprint density at radius 2 is 1.81 bits per heavy atom. The molecule has 0 saturated carbocycles. The van der Waals surface area contributed by atoms with Crippen molar-refractivity contribution >= 4 is 29.3 Å². The Labute approximate surface area is 165 Å². The molecule has 0 unspecified atom stereocenters. The quantitative estimate of drug-likeness (QED) is 0.779. The highest BCUT2D eigenvalue weighted by atomic mass is 35.5. The lowest BCUT2D eigenvalue weighted by molar-refractivity contribution is -0.130. The van der Waals surface area contributed by atoms with Gasteiger partial charge < -0.3 is 15.5 Å². The summed E-state index contributed by atoms with van der Waals surface area (Å²) in [6.07, 6.45) is 2.14. The van der Waals surface area contributed by atoms with Crippen molar-refractivity contribution in [3.8, 4) is 0 Å². The second-order valence-corrected chi connectivity index (χ2v) is 7.50. The highest BCUT2D eigenvalue weighted by Gasteiger charge is 2.34. The molecular formula is C20H28ClN3O3. The molecule has 2 rings (SSSR count). The summed E-state index contributed by atoms with van der Waals surface area (Å²) in [5.41, 5.74) is 0.349. The maximum Gasteiger partial charge on any atom is 0.253 e. The van der Waals surface area contributed by atoms with Gasteiger partial charge in [-0.15, -0.1) is 0 Å². The van der Waals surface area contributed by atoms with Gasteiger partial charge in [0.15, 0.2) is 0 Å². The smallest absolute Gasteiger partial charge is 0.253 e. The van der Waals surface area contributed by atoms with Gasteiger partial charge in [0.1, 0.15) is 6.04 Å². The minimum atomic E-state index is -0.656. The predicted octanol–water partition coefficient (Wildman–Crippen LogP) is 2.61. The highest BCUT2D eigenvalue weighted by Crippen LogP contribution is 2.23. The van der Waals surface area contributed by atoms with Gasteiger partial charge in [0.05, 0.1) is 10.6 Å². The third-order valence-corrected chi connectivity index (χ3v) is 5.47. The Kier molecular flexibility index (Phi) is 7.66. The molecule has 0 spiro atoms. The second-order valence-electron chi connectivity index (χ2n) is 7.09. The lowest BCUT2D eigenvalue weighted by atomic mass is 9.88. The molecule has 1 aliphatic heterocycles. The molecule has 0 aliphatic carbocycles. The van der Waals surface area contributed by atoms with Gasteiger partial charge in [-0.05, 0) is 44.2 Å². The average molecular weight is 394 g/mol. The zero-order valence-corrected chi connectivity index (χ0v) is 16.9. The van der Waals surface area contributed by atoms with E-state index in [1.165, 1.54) is 0 Å². The van der Waals surface area contributed by atoms with E-state index in [4.69, 9.17) is 11.6 Å². The van der Waals surface area contributed by atoms with Crippen molar-refractivity contribution in [1.29, 1.82) is 0 Å². The molecule has 0 bridgehead atoms. The molecule has 1 saturated heterocycles. The molecule has 1 heterocycles. The van der Waals surface area contributed by atoms with Crippen LogP contribution in [0.15, 0.2) is 24.3 Å². The summed E-state index contributed by atoms with van der Waals surface area (Å²) in [5.74, 6) is -0.546. The molecule has 1 fully saturated rings. The number of carbonyl (C=O) groups is 3. The molecule has 1 aliphatic rings. The number of likely N-dealkylation sites (tertiary alicyclic amines) is 1. The van der Waals surface area contributed by atoms with Crippen molar-refractivity contribution in [3.63, 3.8) is 0 Å². The number of benzene rings is 1. The van der Waals surface area contributed by atoms with Crippen molar-refractivity contribution in [1.82, 2.24) is 15.5 Å². The number of halogens is 1. The molecule has 2 atom stereocenters. The highest BCUT2D eigenvalue weighted by molar-refractivity contribution is 6.33. The van der Waals surface area contributed by atoms with Crippen LogP contribution < -0.4 is 10.6 Å². The van der Waals surface area contributed by atoms with Crippen LogP contribution in [-0.2, 0) is 9.59 Å². The zero-order chi connectivity index (χ0) is 20.0. The Hall–Kier alpha value is -2.08. The summed E-state index contributed by atoms with van der Waals surface area (Å²) in [6, 6.07) is 6.14. The van der Waals surface area contributed by atoms with E-state index >= 15 is 0 Å². The molecule has 27 heavy (non-hydrogen) atoms. The monoisotopic (exact) mass is 393 g/mol. The van der Waals surface area contributed by atoms with Crippen LogP contribution in [0.1, 0.15) is 50.4 Å². The van der Waals surface area contributed by atoms with Gasteiger partial charge in [-0.25, -0.2) is 0 Å². The van der Waals surface area contributed by atoms with Gasteiger partial charge in [-0.3, -0.25) is 14.4 Å². The summed E-state index contributed by atoms with van der Waals surface area (Å²) in [5, 5.41) is 6.19. The van der Waals surface area contributed by atoms with Crippen LogP contribution in [-0.4, -0.2) is 47.8 Å². The average Bonchev–Trinajstić information content (AvgIpc) is 2.66. The molecule has 7 heteroatoms. The van der Waals surface area contributed by atoms with Crippen molar-refractivity contribution in [2.45, 2.75) is 52.1 Å². The number of piperidine rings is 1. The van der Waals surface area contributed by atoms with E-state index in [1.807, 2.05) is 13.8 Å². The fourth-order valence-electron chi connectivity index (χ4n) is 3.24.